The average molecular weight is 339 g/mol. The lowest BCUT2D eigenvalue weighted by molar-refractivity contribution is 1.00. The highest BCUT2D eigenvalue weighted by Gasteiger charge is 2.12. The largest absolute Gasteiger partial charge is 0.208 e. The van der Waals surface area contributed by atoms with E-state index in [0.717, 1.165) is 16.7 Å². The summed E-state index contributed by atoms with van der Waals surface area (Å²) in [7, 11) is 0. The quantitative estimate of drug-likeness (QED) is 0.587. The minimum absolute atomic E-state index is 0.533. The molecule has 128 valence electrons. The predicted molar refractivity (Wildman–Crippen MR) is 111 cm³/mol. The number of aromatic nitrogens is 3. The molecule has 0 aliphatic carbocycles. The molecule has 1 heterocycles. The third kappa shape index (κ3) is 4.71. The highest BCUT2D eigenvalue weighted by atomic mass is 15.0. The Balaban J connectivity index is 2.73. The summed E-state index contributed by atoms with van der Waals surface area (Å²) in [6, 6.07) is 9.78. The molecule has 3 heteroatoms. The van der Waals surface area contributed by atoms with Gasteiger partial charge in [-0.15, -0.1) is 0 Å². The first-order valence-electron chi connectivity index (χ1n) is 8.12. The molecular formula is C23H21N3. The van der Waals surface area contributed by atoms with E-state index in [1.807, 2.05) is 54.6 Å². The lowest BCUT2D eigenvalue weighted by atomic mass is 10.1. The zero-order chi connectivity index (χ0) is 18.8. The summed E-state index contributed by atoms with van der Waals surface area (Å²) in [5, 5.41) is 0. The lowest BCUT2D eigenvalue weighted by Crippen LogP contribution is -2.04. The van der Waals surface area contributed by atoms with Gasteiger partial charge in [-0.25, -0.2) is 15.0 Å². The van der Waals surface area contributed by atoms with E-state index in [4.69, 9.17) is 0 Å². The van der Waals surface area contributed by atoms with Crippen molar-refractivity contribution in [3.05, 3.63) is 117 Å². The summed E-state index contributed by atoms with van der Waals surface area (Å²) in [4.78, 5) is 13.9. The van der Waals surface area contributed by atoms with Crippen LogP contribution in [0.5, 0.6) is 0 Å². The molecule has 0 aliphatic heterocycles. The summed E-state index contributed by atoms with van der Waals surface area (Å²) < 4.78 is 0. The van der Waals surface area contributed by atoms with E-state index >= 15 is 0 Å². The van der Waals surface area contributed by atoms with Crippen LogP contribution >= 0.6 is 0 Å². The van der Waals surface area contributed by atoms with Crippen LogP contribution in [-0.4, -0.2) is 15.0 Å². The summed E-state index contributed by atoms with van der Waals surface area (Å²) in [5.41, 5.74) is 2.49. The van der Waals surface area contributed by atoms with Crippen LogP contribution in [0.3, 0.4) is 0 Å². The van der Waals surface area contributed by atoms with E-state index in [-0.39, 0.29) is 0 Å². The van der Waals surface area contributed by atoms with E-state index in [1.54, 1.807) is 24.3 Å². The molecule has 0 fully saturated rings. The van der Waals surface area contributed by atoms with Crippen LogP contribution in [0.25, 0.3) is 22.5 Å². The van der Waals surface area contributed by atoms with Crippen molar-refractivity contribution < 1.29 is 0 Å². The highest BCUT2D eigenvalue weighted by molar-refractivity contribution is 5.76. The number of rotatable bonds is 8. The molecule has 2 aromatic rings. The van der Waals surface area contributed by atoms with Gasteiger partial charge in [-0.05, 0) is 0 Å². The molecule has 0 saturated heterocycles. The Labute approximate surface area is 154 Å². The van der Waals surface area contributed by atoms with E-state index < -0.39 is 0 Å². The summed E-state index contributed by atoms with van der Waals surface area (Å²) in [5.74, 6) is 1.67. The predicted octanol–water partition coefficient (Wildman–Crippen LogP) is 5.61. The van der Waals surface area contributed by atoms with Crippen LogP contribution in [0.2, 0.25) is 0 Å². The summed E-state index contributed by atoms with van der Waals surface area (Å²) >= 11 is 0. The maximum absolute atomic E-state index is 4.64. The number of hydrogen-bond acceptors (Lipinski definition) is 3. The summed E-state index contributed by atoms with van der Waals surface area (Å²) in [6.45, 7) is 15.1. The topological polar surface area (TPSA) is 38.7 Å². The summed E-state index contributed by atoms with van der Waals surface area (Å²) in [6.07, 6.45) is 14.2. The van der Waals surface area contributed by atoms with Crippen molar-refractivity contribution in [1.29, 1.82) is 0 Å². The molecule has 0 atom stereocenters. The maximum atomic E-state index is 4.64. The highest BCUT2D eigenvalue weighted by Crippen LogP contribution is 2.21. The molecule has 0 aliphatic rings. The Morgan fingerprint density at radius 1 is 0.731 bits per heavy atom. The molecule has 1 aromatic carbocycles. The van der Waals surface area contributed by atoms with Crippen LogP contribution in [-0.2, 0) is 0 Å². The van der Waals surface area contributed by atoms with Gasteiger partial charge in [0.1, 0.15) is 0 Å². The monoisotopic (exact) mass is 339 g/mol. The maximum Gasteiger partial charge on any atom is 0.164 e. The van der Waals surface area contributed by atoms with Gasteiger partial charge >= 0.3 is 0 Å². The Kier molecular flexibility index (Phi) is 6.95. The first kappa shape index (κ1) is 18.7. The van der Waals surface area contributed by atoms with Crippen molar-refractivity contribution in [1.82, 2.24) is 15.0 Å². The van der Waals surface area contributed by atoms with Crippen LogP contribution in [0.4, 0.5) is 0 Å². The molecule has 0 radical (unpaired) electrons. The third-order valence-electron chi connectivity index (χ3n) is 3.41. The molecule has 0 saturated carbocycles. The second-order valence-corrected chi connectivity index (χ2v) is 5.19. The Morgan fingerprint density at radius 2 is 1.35 bits per heavy atom. The molecular weight excluding hydrogens is 318 g/mol. The van der Waals surface area contributed by atoms with Crippen molar-refractivity contribution in [2.75, 3.05) is 0 Å². The molecule has 0 N–H and O–H groups in total. The van der Waals surface area contributed by atoms with Gasteiger partial charge in [0.05, 0.1) is 0 Å². The molecule has 0 amide bonds. The Bertz CT molecular complexity index is 900. The molecule has 0 unspecified atom stereocenters. The van der Waals surface area contributed by atoms with Crippen LogP contribution in [0, 0.1) is 0 Å². The zero-order valence-corrected chi connectivity index (χ0v) is 14.7. The molecule has 3 nitrogen and oxygen atoms in total. The SMILES string of the molecule is C=C/C=C\C(=C/C=C)c1nc(/C(C=C)=C/C=C)nc(-c2ccccc2)n1. The van der Waals surface area contributed by atoms with Crippen LogP contribution in [0.1, 0.15) is 11.6 Å². The van der Waals surface area contributed by atoms with E-state index in [1.165, 1.54) is 0 Å². The molecule has 1 aromatic heterocycles. The number of nitrogens with zero attached hydrogens (tertiary/aromatic N) is 3. The van der Waals surface area contributed by atoms with Crippen molar-refractivity contribution in [3.63, 3.8) is 0 Å². The third-order valence-corrected chi connectivity index (χ3v) is 3.41. The van der Waals surface area contributed by atoms with Gasteiger partial charge in [-0.2, -0.15) is 0 Å². The second kappa shape index (κ2) is 9.64. The van der Waals surface area contributed by atoms with Gasteiger partial charge < -0.3 is 0 Å². The smallest absolute Gasteiger partial charge is 0.164 e. The van der Waals surface area contributed by atoms with Crippen LogP contribution < -0.4 is 0 Å². The average Bonchev–Trinajstić information content (AvgIpc) is 2.69. The first-order valence-corrected chi connectivity index (χ1v) is 8.12. The minimum atomic E-state index is 0.533. The fourth-order valence-corrected chi connectivity index (χ4v) is 2.21. The molecule has 2 rings (SSSR count). The fourth-order valence-electron chi connectivity index (χ4n) is 2.21. The van der Waals surface area contributed by atoms with Crippen molar-refractivity contribution >= 4 is 11.1 Å². The number of benzene rings is 1. The van der Waals surface area contributed by atoms with E-state index in [9.17, 15) is 0 Å². The van der Waals surface area contributed by atoms with E-state index in [0.29, 0.717) is 17.5 Å². The second-order valence-electron chi connectivity index (χ2n) is 5.19. The van der Waals surface area contributed by atoms with Gasteiger partial charge in [0.15, 0.2) is 17.5 Å². The van der Waals surface area contributed by atoms with Crippen molar-refractivity contribution in [2.45, 2.75) is 0 Å². The molecule has 26 heavy (non-hydrogen) atoms. The van der Waals surface area contributed by atoms with Gasteiger partial charge in [-0.3, -0.25) is 0 Å². The molecule has 0 spiro atoms. The minimum Gasteiger partial charge on any atom is -0.208 e. The first-order chi connectivity index (χ1) is 12.7. The van der Waals surface area contributed by atoms with Gasteiger partial charge in [-0.1, -0.05) is 105 Å². The number of hydrogen-bond donors (Lipinski definition) is 0. The van der Waals surface area contributed by atoms with Crippen LogP contribution in [0.15, 0.2) is 105 Å². The van der Waals surface area contributed by atoms with Crippen molar-refractivity contribution in [3.8, 4) is 11.4 Å². The Morgan fingerprint density at radius 3 is 1.92 bits per heavy atom. The van der Waals surface area contributed by atoms with Gasteiger partial charge in [0.25, 0.3) is 0 Å². The normalized spacial score (nSPS) is 12.0. The Hall–Kier alpha value is -3.59. The van der Waals surface area contributed by atoms with Gasteiger partial charge in [0, 0.05) is 16.7 Å². The van der Waals surface area contributed by atoms with E-state index in [2.05, 4.69) is 41.3 Å². The van der Waals surface area contributed by atoms with Gasteiger partial charge in [0.2, 0.25) is 0 Å². The standard InChI is InChI=1S/C23H21N3/c1-5-9-15-19(14-7-3)22-24-21(18(8-4)13-6-2)25-23(26-22)20-16-11-10-12-17-20/h5-17H,1-4H2/b15-9-,18-13+,19-14+. The fraction of sp³-hybridized carbons (Fsp3) is 0. The van der Waals surface area contributed by atoms with Crippen molar-refractivity contribution in [2.24, 2.45) is 0 Å². The zero-order valence-electron chi connectivity index (χ0n) is 14.7. The molecule has 0 bridgehead atoms. The number of allylic oxidation sites excluding steroid dienone is 10. The lowest BCUT2D eigenvalue weighted by Gasteiger charge is -2.08.